The predicted molar refractivity (Wildman–Crippen MR) is 57.7 cm³/mol. The van der Waals surface area contributed by atoms with Gasteiger partial charge in [0.05, 0.1) is 0 Å². The fourth-order valence-corrected chi connectivity index (χ4v) is 1.93. The lowest BCUT2D eigenvalue weighted by Gasteiger charge is -2.13. The van der Waals surface area contributed by atoms with Crippen molar-refractivity contribution in [2.45, 2.75) is 13.8 Å². The molecule has 1 fully saturated rings. The number of hydrogen-bond donors (Lipinski definition) is 1. The molecule has 0 saturated carbocycles. The summed E-state index contributed by atoms with van der Waals surface area (Å²) in [6.07, 6.45) is 0. The average molecular weight is 238 g/mol. The molecule has 6 heteroatoms. The SMILES string of the molecule is CC1CN(C(=O)c2cc(C(=O)O)on2)CC1C. The van der Waals surface area contributed by atoms with E-state index in [1.54, 1.807) is 4.90 Å². The smallest absolute Gasteiger partial charge is 0.374 e. The molecule has 0 aliphatic carbocycles. The van der Waals surface area contributed by atoms with Crippen LogP contribution in [0, 0.1) is 11.8 Å². The Morgan fingerprint density at radius 2 is 2.00 bits per heavy atom. The highest BCUT2D eigenvalue weighted by molar-refractivity contribution is 5.95. The van der Waals surface area contributed by atoms with Crippen LogP contribution in [0.5, 0.6) is 0 Å². The molecule has 0 spiro atoms. The van der Waals surface area contributed by atoms with E-state index in [4.69, 9.17) is 5.11 Å². The Labute approximate surface area is 98.2 Å². The Morgan fingerprint density at radius 3 is 2.47 bits per heavy atom. The molecule has 0 aromatic carbocycles. The molecule has 1 aliphatic rings. The third kappa shape index (κ3) is 2.15. The number of carbonyl (C=O) groups excluding carboxylic acids is 1. The molecule has 1 amide bonds. The predicted octanol–water partition coefficient (Wildman–Crippen LogP) is 1.10. The maximum atomic E-state index is 12.0. The summed E-state index contributed by atoms with van der Waals surface area (Å²) in [6, 6.07) is 1.16. The minimum atomic E-state index is -1.22. The largest absolute Gasteiger partial charge is 0.475 e. The summed E-state index contributed by atoms with van der Waals surface area (Å²) in [5.41, 5.74) is 0.0590. The Hall–Kier alpha value is -1.85. The van der Waals surface area contributed by atoms with Crippen molar-refractivity contribution >= 4 is 11.9 Å². The van der Waals surface area contributed by atoms with Crippen molar-refractivity contribution in [1.29, 1.82) is 0 Å². The first-order chi connectivity index (χ1) is 7.99. The van der Waals surface area contributed by atoms with Gasteiger partial charge in [-0.1, -0.05) is 19.0 Å². The Morgan fingerprint density at radius 1 is 1.41 bits per heavy atom. The summed E-state index contributed by atoms with van der Waals surface area (Å²) in [5, 5.41) is 12.2. The zero-order valence-electron chi connectivity index (χ0n) is 9.71. The summed E-state index contributed by atoms with van der Waals surface area (Å²) in [7, 11) is 0. The zero-order chi connectivity index (χ0) is 12.6. The van der Waals surface area contributed by atoms with Gasteiger partial charge in [-0.25, -0.2) is 4.79 Å². The van der Waals surface area contributed by atoms with Crippen LogP contribution in [0.25, 0.3) is 0 Å². The molecular formula is C11H14N2O4. The van der Waals surface area contributed by atoms with Crippen LogP contribution in [0.3, 0.4) is 0 Å². The molecule has 0 radical (unpaired) electrons. The van der Waals surface area contributed by atoms with Crippen LogP contribution < -0.4 is 0 Å². The molecular weight excluding hydrogens is 224 g/mol. The standard InChI is InChI=1S/C11H14N2O4/c1-6-4-13(5-7(6)2)10(14)8-3-9(11(15)16)17-12-8/h3,6-7H,4-5H2,1-2H3,(H,15,16). The Balaban J connectivity index is 2.12. The first kappa shape index (κ1) is 11.6. The summed E-state index contributed by atoms with van der Waals surface area (Å²) in [5.74, 6) is -0.902. The van der Waals surface area contributed by atoms with Crippen molar-refractivity contribution in [2.24, 2.45) is 11.8 Å². The maximum absolute atomic E-state index is 12.0. The quantitative estimate of drug-likeness (QED) is 0.834. The molecule has 6 nitrogen and oxygen atoms in total. The molecule has 1 aromatic heterocycles. The van der Waals surface area contributed by atoms with Gasteiger partial charge in [0.15, 0.2) is 5.69 Å². The lowest BCUT2D eigenvalue weighted by atomic mass is 10.0. The fraction of sp³-hybridized carbons (Fsp3) is 0.545. The van der Waals surface area contributed by atoms with Gasteiger partial charge in [0.25, 0.3) is 5.91 Å². The van der Waals surface area contributed by atoms with Crippen LogP contribution in [0.4, 0.5) is 0 Å². The van der Waals surface area contributed by atoms with Gasteiger partial charge >= 0.3 is 5.97 Å². The van der Waals surface area contributed by atoms with Gasteiger partial charge in [-0.3, -0.25) is 4.79 Å². The van der Waals surface area contributed by atoms with Crippen LogP contribution in [0.15, 0.2) is 10.6 Å². The van der Waals surface area contributed by atoms with Gasteiger partial charge in [0.1, 0.15) is 0 Å². The van der Waals surface area contributed by atoms with E-state index in [2.05, 4.69) is 23.5 Å². The van der Waals surface area contributed by atoms with E-state index >= 15 is 0 Å². The molecule has 1 aromatic rings. The number of aromatic carboxylic acids is 1. The molecule has 2 atom stereocenters. The van der Waals surface area contributed by atoms with E-state index in [-0.39, 0.29) is 17.4 Å². The van der Waals surface area contributed by atoms with Gasteiger partial charge in [-0.15, -0.1) is 0 Å². The normalized spacial score (nSPS) is 24.0. The molecule has 2 unspecified atom stereocenters. The first-order valence-electron chi connectivity index (χ1n) is 5.48. The number of carboxylic acid groups (broad SMARTS) is 1. The molecule has 0 bridgehead atoms. The highest BCUT2D eigenvalue weighted by Gasteiger charge is 2.31. The summed E-state index contributed by atoms with van der Waals surface area (Å²) in [4.78, 5) is 24.3. The molecule has 17 heavy (non-hydrogen) atoms. The Kier molecular flexibility index (Phi) is 2.87. The highest BCUT2D eigenvalue weighted by atomic mass is 16.5. The molecule has 92 valence electrons. The van der Waals surface area contributed by atoms with E-state index < -0.39 is 5.97 Å². The second-order valence-corrected chi connectivity index (χ2v) is 4.55. The number of carboxylic acids is 1. The van der Waals surface area contributed by atoms with Crippen LogP contribution >= 0.6 is 0 Å². The molecule has 2 rings (SSSR count). The van der Waals surface area contributed by atoms with Crippen molar-refractivity contribution in [2.75, 3.05) is 13.1 Å². The Bertz CT molecular complexity index is 444. The third-order valence-corrected chi connectivity index (χ3v) is 3.22. The minimum Gasteiger partial charge on any atom is -0.475 e. The van der Waals surface area contributed by atoms with Crippen molar-refractivity contribution in [1.82, 2.24) is 10.1 Å². The number of hydrogen-bond acceptors (Lipinski definition) is 4. The number of carbonyl (C=O) groups is 2. The molecule has 1 N–H and O–H groups in total. The van der Waals surface area contributed by atoms with E-state index in [0.717, 1.165) is 0 Å². The van der Waals surface area contributed by atoms with E-state index in [1.165, 1.54) is 6.07 Å². The van der Waals surface area contributed by atoms with Gasteiger partial charge in [-0.2, -0.15) is 0 Å². The lowest BCUT2D eigenvalue weighted by Crippen LogP contribution is -2.29. The molecule has 1 aliphatic heterocycles. The van der Waals surface area contributed by atoms with E-state index in [9.17, 15) is 9.59 Å². The third-order valence-electron chi connectivity index (χ3n) is 3.22. The summed E-state index contributed by atoms with van der Waals surface area (Å²) in [6.45, 7) is 5.53. The van der Waals surface area contributed by atoms with Crippen LogP contribution in [0.2, 0.25) is 0 Å². The first-order valence-corrected chi connectivity index (χ1v) is 5.48. The van der Waals surface area contributed by atoms with Crippen molar-refractivity contribution in [3.05, 3.63) is 17.5 Å². The monoisotopic (exact) mass is 238 g/mol. The van der Waals surface area contributed by atoms with Gasteiger partial charge in [0.2, 0.25) is 5.76 Å². The number of amides is 1. The highest BCUT2D eigenvalue weighted by Crippen LogP contribution is 2.23. The molecule has 2 heterocycles. The lowest BCUT2D eigenvalue weighted by molar-refractivity contribution is 0.0649. The van der Waals surface area contributed by atoms with Gasteiger partial charge < -0.3 is 14.5 Å². The van der Waals surface area contributed by atoms with Gasteiger partial charge in [-0.05, 0) is 11.8 Å². The number of rotatable bonds is 2. The summed E-state index contributed by atoms with van der Waals surface area (Å²) >= 11 is 0. The van der Waals surface area contributed by atoms with Crippen LogP contribution in [0.1, 0.15) is 34.9 Å². The number of likely N-dealkylation sites (tertiary alicyclic amines) is 1. The fourth-order valence-electron chi connectivity index (χ4n) is 1.93. The van der Waals surface area contributed by atoms with Gasteiger partial charge in [0, 0.05) is 19.2 Å². The van der Waals surface area contributed by atoms with Crippen molar-refractivity contribution in [3.8, 4) is 0 Å². The maximum Gasteiger partial charge on any atom is 0.374 e. The van der Waals surface area contributed by atoms with Crippen molar-refractivity contribution < 1.29 is 19.2 Å². The average Bonchev–Trinajstić information content (AvgIpc) is 2.86. The summed E-state index contributed by atoms with van der Waals surface area (Å²) < 4.78 is 4.56. The van der Waals surface area contributed by atoms with Crippen molar-refractivity contribution in [3.63, 3.8) is 0 Å². The van der Waals surface area contributed by atoms with Crippen LogP contribution in [-0.4, -0.2) is 40.1 Å². The number of aromatic nitrogens is 1. The van der Waals surface area contributed by atoms with E-state index in [0.29, 0.717) is 24.9 Å². The minimum absolute atomic E-state index is 0.0590. The second-order valence-electron chi connectivity index (χ2n) is 4.55. The number of nitrogens with zero attached hydrogens (tertiary/aromatic N) is 2. The zero-order valence-corrected chi connectivity index (χ0v) is 9.71. The van der Waals surface area contributed by atoms with E-state index in [1.807, 2.05) is 0 Å². The topological polar surface area (TPSA) is 83.6 Å². The molecule has 1 saturated heterocycles. The second kappa shape index (κ2) is 4.20. The van der Waals surface area contributed by atoms with Crippen LogP contribution in [-0.2, 0) is 0 Å².